The molecule has 0 spiro atoms. The van der Waals surface area contributed by atoms with E-state index in [1.165, 1.54) is 13.0 Å². The van der Waals surface area contributed by atoms with Gasteiger partial charge in [0.15, 0.2) is 0 Å². The molecule has 0 saturated carbocycles. The fraction of sp³-hybridized carbons (Fsp3) is 0.533. The number of nitrogens with one attached hydrogen (secondary N) is 2. The second-order valence-corrected chi connectivity index (χ2v) is 5.19. The molecule has 0 radical (unpaired) electrons. The van der Waals surface area contributed by atoms with Crippen molar-refractivity contribution >= 4 is 11.6 Å². The van der Waals surface area contributed by atoms with Gasteiger partial charge in [0.1, 0.15) is 5.82 Å². The molecule has 2 N–H and O–H groups in total. The Hall–Kier alpha value is -1.62. The Morgan fingerprint density at radius 1 is 1.50 bits per heavy atom. The van der Waals surface area contributed by atoms with Crippen molar-refractivity contribution in [3.63, 3.8) is 0 Å². The number of carbonyl (C=O) groups is 1. The third kappa shape index (κ3) is 3.70. The van der Waals surface area contributed by atoms with Gasteiger partial charge in [-0.1, -0.05) is 6.92 Å². The highest BCUT2D eigenvalue weighted by molar-refractivity contribution is 5.73. The summed E-state index contributed by atoms with van der Waals surface area (Å²) in [6, 6.07) is 5.10. The van der Waals surface area contributed by atoms with Crippen LogP contribution < -0.4 is 15.5 Å². The first-order valence-electron chi connectivity index (χ1n) is 7.11. The number of nitrogens with zero attached hydrogens (tertiary/aromatic N) is 1. The highest BCUT2D eigenvalue weighted by atomic mass is 19.1. The van der Waals surface area contributed by atoms with E-state index in [1.807, 2.05) is 13.0 Å². The van der Waals surface area contributed by atoms with Gasteiger partial charge in [-0.3, -0.25) is 4.79 Å². The van der Waals surface area contributed by atoms with E-state index in [9.17, 15) is 9.18 Å². The molecule has 1 heterocycles. The Morgan fingerprint density at radius 2 is 2.30 bits per heavy atom. The van der Waals surface area contributed by atoms with Crippen LogP contribution in [0.5, 0.6) is 0 Å². The summed E-state index contributed by atoms with van der Waals surface area (Å²) in [5.41, 5.74) is 2.02. The minimum Gasteiger partial charge on any atom is -0.369 e. The molecule has 0 aliphatic carbocycles. The smallest absolute Gasteiger partial charge is 0.217 e. The van der Waals surface area contributed by atoms with Crippen LogP contribution in [0.1, 0.15) is 25.8 Å². The van der Waals surface area contributed by atoms with Gasteiger partial charge < -0.3 is 15.5 Å². The normalized spacial score (nSPS) is 18.4. The molecule has 1 aromatic carbocycles. The number of amides is 1. The summed E-state index contributed by atoms with van der Waals surface area (Å²) in [6.45, 7) is 6.74. The van der Waals surface area contributed by atoms with Crippen molar-refractivity contribution in [2.24, 2.45) is 0 Å². The van der Waals surface area contributed by atoms with Crippen molar-refractivity contribution in [1.29, 1.82) is 0 Å². The molecule has 1 aliphatic rings. The van der Waals surface area contributed by atoms with Gasteiger partial charge in [-0.2, -0.15) is 0 Å². The van der Waals surface area contributed by atoms with Gasteiger partial charge in [-0.25, -0.2) is 4.39 Å². The van der Waals surface area contributed by atoms with E-state index in [1.54, 1.807) is 6.07 Å². The number of carbonyl (C=O) groups excluding carboxylic acids is 1. The molecule has 1 aromatic rings. The molecule has 4 nitrogen and oxygen atoms in total. The van der Waals surface area contributed by atoms with E-state index in [0.29, 0.717) is 6.54 Å². The lowest BCUT2D eigenvalue weighted by molar-refractivity contribution is -0.119. The number of anilines is 1. The van der Waals surface area contributed by atoms with Gasteiger partial charge in [-0.15, -0.1) is 0 Å². The van der Waals surface area contributed by atoms with Crippen molar-refractivity contribution in [2.45, 2.75) is 32.9 Å². The van der Waals surface area contributed by atoms with Crippen LogP contribution in [-0.4, -0.2) is 31.6 Å². The van der Waals surface area contributed by atoms with Gasteiger partial charge in [0.2, 0.25) is 5.91 Å². The maximum atomic E-state index is 13.4. The van der Waals surface area contributed by atoms with Crippen molar-refractivity contribution < 1.29 is 9.18 Å². The molecule has 20 heavy (non-hydrogen) atoms. The molecule has 1 unspecified atom stereocenters. The lowest BCUT2D eigenvalue weighted by Crippen LogP contribution is -2.35. The standard InChI is InChI=1S/C15H22FN3O/c1-3-17-9-12-8-13(16)4-5-15(12)19-7-6-14(10-19)18-11(2)20/h4-5,8,14,17H,3,6-7,9-10H2,1-2H3,(H,18,20). The Labute approximate surface area is 119 Å². The fourth-order valence-electron chi connectivity index (χ4n) is 2.65. The van der Waals surface area contributed by atoms with Crippen LogP contribution in [0.25, 0.3) is 0 Å². The SMILES string of the molecule is CCNCc1cc(F)ccc1N1CCC(NC(C)=O)C1. The molecule has 1 fully saturated rings. The average Bonchev–Trinajstić information content (AvgIpc) is 2.83. The minimum atomic E-state index is -0.209. The average molecular weight is 279 g/mol. The lowest BCUT2D eigenvalue weighted by atomic mass is 10.1. The molecular formula is C15H22FN3O. The second kappa shape index (κ2) is 6.70. The van der Waals surface area contributed by atoms with Crippen LogP contribution in [0, 0.1) is 5.82 Å². The largest absolute Gasteiger partial charge is 0.369 e. The van der Waals surface area contributed by atoms with E-state index >= 15 is 0 Å². The summed E-state index contributed by atoms with van der Waals surface area (Å²) < 4.78 is 13.4. The van der Waals surface area contributed by atoms with Gasteiger partial charge in [0, 0.05) is 38.3 Å². The zero-order valence-electron chi connectivity index (χ0n) is 12.1. The summed E-state index contributed by atoms with van der Waals surface area (Å²) in [7, 11) is 0. The van der Waals surface area contributed by atoms with Gasteiger partial charge in [0.05, 0.1) is 0 Å². The maximum Gasteiger partial charge on any atom is 0.217 e. The van der Waals surface area contributed by atoms with Crippen molar-refractivity contribution in [1.82, 2.24) is 10.6 Å². The van der Waals surface area contributed by atoms with E-state index in [2.05, 4.69) is 15.5 Å². The molecule has 1 saturated heterocycles. The first-order valence-corrected chi connectivity index (χ1v) is 7.11. The lowest BCUT2D eigenvalue weighted by Gasteiger charge is -2.22. The Bertz CT molecular complexity index is 478. The Kier molecular flexibility index (Phi) is 4.95. The second-order valence-electron chi connectivity index (χ2n) is 5.19. The van der Waals surface area contributed by atoms with Crippen LogP contribution >= 0.6 is 0 Å². The summed E-state index contributed by atoms with van der Waals surface area (Å²) >= 11 is 0. The summed E-state index contributed by atoms with van der Waals surface area (Å²) in [4.78, 5) is 13.3. The Balaban J connectivity index is 2.10. The number of hydrogen-bond donors (Lipinski definition) is 2. The van der Waals surface area contributed by atoms with Gasteiger partial charge >= 0.3 is 0 Å². The number of benzene rings is 1. The van der Waals surface area contributed by atoms with Gasteiger partial charge in [-0.05, 0) is 36.7 Å². The molecule has 2 rings (SSSR count). The topological polar surface area (TPSA) is 44.4 Å². The van der Waals surface area contributed by atoms with Crippen molar-refractivity contribution in [3.8, 4) is 0 Å². The predicted octanol–water partition coefficient (Wildman–Crippen LogP) is 1.65. The first kappa shape index (κ1) is 14.8. The van der Waals surface area contributed by atoms with Crippen LogP contribution in [0.3, 0.4) is 0 Å². The molecular weight excluding hydrogens is 257 g/mol. The molecule has 0 bridgehead atoms. The van der Waals surface area contributed by atoms with Crippen LogP contribution in [-0.2, 0) is 11.3 Å². The monoisotopic (exact) mass is 279 g/mol. The van der Waals surface area contributed by atoms with E-state index in [0.717, 1.165) is 37.3 Å². The number of rotatable bonds is 5. The Morgan fingerprint density at radius 3 is 3.00 bits per heavy atom. The number of hydrogen-bond acceptors (Lipinski definition) is 3. The van der Waals surface area contributed by atoms with Crippen LogP contribution in [0.15, 0.2) is 18.2 Å². The van der Waals surface area contributed by atoms with Crippen molar-refractivity contribution in [3.05, 3.63) is 29.6 Å². The summed E-state index contributed by atoms with van der Waals surface area (Å²) in [5, 5.41) is 6.18. The van der Waals surface area contributed by atoms with Crippen LogP contribution in [0.4, 0.5) is 10.1 Å². The fourth-order valence-corrected chi connectivity index (χ4v) is 2.65. The highest BCUT2D eigenvalue weighted by Gasteiger charge is 2.24. The summed E-state index contributed by atoms with van der Waals surface area (Å²) in [6.07, 6.45) is 0.928. The third-order valence-electron chi connectivity index (χ3n) is 3.54. The maximum absolute atomic E-state index is 13.4. The quantitative estimate of drug-likeness (QED) is 0.861. The van der Waals surface area contributed by atoms with Gasteiger partial charge in [0.25, 0.3) is 0 Å². The van der Waals surface area contributed by atoms with E-state index in [4.69, 9.17) is 0 Å². The number of halogens is 1. The molecule has 1 amide bonds. The zero-order valence-corrected chi connectivity index (χ0v) is 12.1. The highest BCUT2D eigenvalue weighted by Crippen LogP contribution is 2.25. The molecule has 5 heteroatoms. The van der Waals surface area contributed by atoms with Crippen LogP contribution in [0.2, 0.25) is 0 Å². The third-order valence-corrected chi connectivity index (χ3v) is 3.54. The molecule has 1 atom stereocenters. The van der Waals surface area contributed by atoms with Crippen molar-refractivity contribution in [2.75, 3.05) is 24.5 Å². The molecule has 110 valence electrons. The molecule has 1 aliphatic heterocycles. The summed E-state index contributed by atoms with van der Waals surface area (Å²) in [5.74, 6) is -0.205. The first-order chi connectivity index (χ1) is 9.60. The van der Waals surface area contributed by atoms with E-state index in [-0.39, 0.29) is 17.8 Å². The zero-order chi connectivity index (χ0) is 14.5. The minimum absolute atomic E-state index is 0.00355. The predicted molar refractivity (Wildman–Crippen MR) is 78.2 cm³/mol. The van der Waals surface area contributed by atoms with E-state index < -0.39 is 0 Å². The molecule has 0 aromatic heterocycles.